The number of hydrogen-bond acceptors (Lipinski definition) is 2. The van der Waals surface area contributed by atoms with E-state index in [1.807, 2.05) is 12.1 Å². The van der Waals surface area contributed by atoms with Gasteiger partial charge in [0.1, 0.15) is 6.61 Å². The number of carbonyl (C=O) groups excluding carboxylic acids is 1. The summed E-state index contributed by atoms with van der Waals surface area (Å²) in [6.45, 7) is 0.886. The fourth-order valence-electron chi connectivity index (χ4n) is 5.40. The normalized spacial score (nSPS) is 13.3. The lowest BCUT2D eigenvalue weighted by Crippen LogP contribution is -2.26. The van der Waals surface area contributed by atoms with Gasteiger partial charge in [0.15, 0.2) is 0 Å². The fraction of sp³-hybridized carbons (Fsp3) is 0.156. The predicted octanol–water partition coefficient (Wildman–Crippen LogP) is 7.20. The molecule has 4 aromatic carbocycles. The van der Waals surface area contributed by atoms with Gasteiger partial charge in [-0.1, -0.05) is 103 Å². The summed E-state index contributed by atoms with van der Waals surface area (Å²) in [4.78, 5) is 12.3. The molecule has 0 fully saturated rings. The second kappa shape index (κ2) is 9.27. The number of ether oxygens (including phenoxy) is 1. The van der Waals surface area contributed by atoms with Crippen LogP contribution < -0.4 is 5.32 Å². The molecule has 2 aliphatic carbocycles. The number of rotatable bonds is 6. The number of carbonyl (C=O) groups is 1. The average molecular weight is 458 g/mol. The molecule has 0 unspecified atom stereocenters. The predicted molar refractivity (Wildman–Crippen MR) is 141 cm³/mol. The summed E-state index contributed by atoms with van der Waals surface area (Å²) in [5.74, 6) is 0.0824. The lowest BCUT2D eigenvalue weighted by molar-refractivity contribution is 0.143. The van der Waals surface area contributed by atoms with Gasteiger partial charge in [0.2, 0.25) is 0 Å². The lowest BCUT2D eigenvalue weighted by atomic mass is 9.98. The Hall–Kier alpha value is -4.11. The van der Waals surface area contributed by atoms with Crippen LogP contribution in [0.5, 0.6) is 0 Å². The van der Waals surface area contributed by atoms with E-state index in [1.54, 1.807) is 0 Å². The monoisotopic (exact) mass is 457 g/mol. The van der Waals surface area contributed by atoms with Gasteiger partial charge in [0.05, 0.1) is 0 Å². The highest BCUT2D eigenvalue weighted by Crippen LogP contribution is 2.44. The Balaban J connectivity index is 0.999. The smallest absolute Gasteiger partial charge is 0.407 e. The molecular formula is C32H27NO2. The molecule has 6 rings (SSSR count). The Morgan fingerprint density at radius 2 is 1.46 bits per heavy atom. The Kier molecular flexibility index (Phi) is 5.67. The first-order valence-electron chi connectivity index (χ1n) is 12.2. The number of alkyl carbamates (subject to hydrolysis) is 1. The molecule has 172 valence electrons. The highest BCUT2D eigenvalue weighted by molar-refractivity contribution is 5.79. The van der Waals surface area contributed by atoms with E-state index >= 15 is 0 Å². The van der Waals surface area contributed by atoms with Crippen LogP contribution in [0.1, 0.15) is 40.2 Å². The maximum absolute atomic E-state index is 12.3. The third-order valence-electron chi connectivity index (χ3n) is 7.05. The molecule has 0 saturated carbocycles. The van der Waals surface area contributed by atoms with Crippen molar-refractivity contribution in [2.45, 2.75) is 18.8 Å². The van der Waals surface area contributed by atoms with E-state index in [1.165, 1.54) is 50.1 Å². The zero-order valence-electron chi connectivity index (χ0n) is 19.5. The van der Waals surface area contributed by atoms with E-state index in [2.05, 4.69) is 96.3 Å². The van der Waals surface area contributed by atoms with Crippen LogP contribution in [0, 0.1) is 0 Å². The van der Waals surface area contributed by atoms with E-state index in [-0.39, 0.29) is 12.0 Å². The molecule has 0 radical (unpaired) electrons. The molecule has 1 amide bonds. The van der Waals surface area contributed by atoms with Crippen molar-refractivity contribution in [3.63, 3.8) is 0 Å². The van der Waals surface area contributed by atoms with Crippen molar-refractivity contribution in [3.8, 4) is 22.3 Å². The summed E-state index contributed by atoms with van der Waals surface area (Å²) in [5.41, 5.74) is 11.6. The molecule has 3 heteroatoms. The molecule has 0 saturated heterocycles. The van der Waals surface area contributed by atoms with Crippen molar-refractivity contribution in [3.05, 3.63) is 125 Å². The molecule has 2 aliphatic rings. The van der Waals surface area contributed by atoms with Crippen molar-refractivity contribution in [2.24, 2.45) is 0 Å². The number of nitrogens with one attached hydrogen (secondary N) is 1. The average Bonchev–Trinajstić information content (AvgIpc) is 3.42. The molecule has 0 bridgehead atoms. The molecule has 0 spiro atoms. The van der Waals surface area contributed by atoms with Crippen LogP contribution in [-0.2, 0) is 11.2 Å². The zero-order chi connectivity index (χ0) is 23.6. The standard InChI is InChI=1S/C32H27NO2/c34-32(35-21-31-29-14-5-3-12-27(29)28-13-4-6-15-30(28)31)33-18-8-7-9-22-16-17-26-24(19-22)20-23-10-1-2-11-25(23)26/h1-7,9-17,19,31H,8,18,20-21H2,(H,33,34). The molecule has 0 atom stereocenters. The largest absolute Gasteiger partial charge is 0.449 e. The minimum absolute atomic E-state index is 0.0824. The van der Waals surface area contributed by atoms with Gasteiger partial charge in [-0.25, -0.2) is 4.79 Å². The van der Waals surface area contributed by atoms with Crippen LogP contribution in [0.4, 0.5) is 4.79 Å². The van der Waals surface area contributed by atoms with Gasteiger partial charge in [-0.2, -0.15) is 0 Å². The summed E-state index contributed by atoms with van der Waals surface area (Å²) in [7, 11) is 0. The fourth-order valence-corrected chi connectivity index (χ4v) is 5.40. The van der Waals surface area contributed by atoms with Crippen LogP contribution in [-0.4, -0.2) is 19.2 Å². The quantitative estimate of drug-likeness (QED) is 0.274. The molecule has 35 heavy (non-hydrogen) atoms. The van der Waals surface area contributed by atoms with E-state index in [0.29, 0.717) is 13.2 Å². The van der Waals surface area contributed by atoms with Crippen molar-refractivity contribution in [1.82, 2.24) is 5.32 Å². The molecule has 0 aliphatic heterocycles. The highest BCUT2D eigenvalue weighted by atomic mass is 16.5. The second-order valence-electron chi connectivity index (χ2n) is 9.19. The minimum Gasteiger partial charge on any atom is -0.449 e. The Labute approximate surface area is 206 Å². The lowest BCUT2D eigenvalue weighted by Gasteiger charge is -2.14. The second-order valence-corrected chi connectivity index (χ2v) is 9.19. The van der Waals surface area contributed by atoms with Gasteiger partial charge in [-0.3, -0.25) is 0 Å². The molecule has 0 heterocycles. The topological polar surface area (TPSA) is 38.3 Å². The van der Waals surface area contributed by atoms with Crippen LogP contribution in [0.25, 0.3) is 28.3 Å². The Morgan fingerprint density at radius 3 is 2.23 bits per heavy atom. The summed E-state index contributed by atoms with van der Waals surface area (Å²) >= 11 is 0. The van der Waals surface area contributed by atoms with Crippen LogP contribution in [0.2, 0.25) is 0 Å². The van der Waals surface area contributed by atoms with Gasteiger partial charge >= 0.3 is 6.09 Å². The summed E-state index contributed by atoms with van der Waals surface area (Å²) < 4.78 is 5.61. The zero-order valence-corrected chi connectivity index (χ0v) is 19.5. The first-order valence-corrected chi connectivity index (χ1v) is 12.2. The number of fused-ring (bicyclic) bond motifs is 6. The van der Waals surface area contributed by atoms with Gasteiger partial charge in [-0.05, 0) is 62.9 Å². The van der Waals surface area contributed by atoms with Gasteiger partial charge in [-0.15, -0.1) is 0 Å². The van der Waals surface area contributed by atoms with Crippen molar-refractivity contribution < 1.29 is 9.53 Å². The van der Waals surface area contributed by atoms with E-state index in [9.17, 15) is 4.79 Å². The third kappa shape index (κ3) is 4.15. The van der Waals surface area contributed by atoms with Crippen molar-refractivity contribution >= 4 is 12.2 Å². The van der Waals surface area contributed by atoms with Gasteiger partial charge < -0.3 is 10.1 Å². The minimum atomic E-state index is -0.365. The molecule has 3 nitrogen and oxygen atoms in total. The Morgan fingerprint density at radius 1 is 0.800 bits per heavy atom. The SMILES string of the molecule is O=C(NCCC=Cc1ccc2c(c1)Cc1ccccc1-2)OCC1c2ccccc2-c2ccccc21. The van der Waals surface area contributed by atoms with Gasteiger partial charge in [0.25, 0.3) is 0 Å². The highest BCUT2D eigenvalue weighted by Gasteiger charge is 2.28. The first-order chi connectivity index (χ1) is 17.3. The van der Waals surface area contributed by atoms with E-state index < -0.39 is 0 Å². The third-order valence-corrected chi connectivity index (χ3v) is 7.05. The number of benzene rings is 4. The van der Waals surface area contributed by atoms with E-state index in [0.717, 1.165) is 12.8 Å². The maximum atomic E-state index is 12.3. The summed E-state index contributed by atoms with van der Waals surface area (Å²) in [5, 5.41) is 2.88. The number of hydrogen-bond donors (Lipinski definition) is 1. The maximum Gasteiger partial charge on any atom is 0.407 e. The molecular weight excluding hydrogens is 430 g/mol. The van der Waals surface area contributed by atoms with Crippen LogP contribution >= 0.6 is 0 Å². The Bertz CT molecular complexity index is 1390. The van der Waals surface area contributed by atoms with Crippen molar-refractivity contribution in [2.75, 3.05) is 13.2 Å². The van der Waals surface area contributed by atoms with Gasteiger partial charge in [0, 0.05) is 12.5 Å². The summed E-state index contributed by atoms with van der Waals surface area (Å²) in [6.07, 6.45) is 5.62. The first kappa shape index (κ1) is 21.4. The van der Waals surface area contributed by atoms with Crippen LogP contribution in [0.3, 0.4) is 0 Å². The number of amides is 1. The van der Waals surface area contributed by atoms with Crippen molar-refractivity contribution in [1.29, 1.82) is 0 Å². The summed E-state index contributed by atoms with van der Waals surface area (Å²) in [6, 6.07) is 32.0. The molecule has 0 aromatic heterocycles. The van der Waals surface area contributed by atoms with Crippen LogP contribution in [0.15, 0.2) is 97.1 Å². The van der Waals surface area contributed by atoms with E-state index in [4.69, 9.17) is 4.74 Å². The molecule has 1 N–H and O–H groups in total. The molecule has 4 aromatic rings.